The molecule has 4 nitrogen and oxygen atoms in total. The summed E-state index contributed by atoms with van der Waals surface area (Å²) in [6.45, 7) is 11.8. The number of rotatable bonds is 5. The van der Waals surface area contributed by atoms with E-state index in [0.29, 0.717) is 0 Å². The normalized spacial score (nSPS) is 17.6. The van der Waals surface area contributed by atoms with Gasteiger partial charge in [-0.1, -0.05) is 38.1 Å². The minimum atomic E-state index is -0.200. The first-order valence-corrected chi connectivity index (χ1v) is 10.1. The van der Waals surface area contributed by atoms with Gasteiger partial charge in [0.1, 0.15) is 0 Å². The fourth-order valence-corrected chi connectivity index (χ4v) is 4.77. The summed E-state index contributed by atoms with van der Waals surface area (Å²) in [7, 11) is 0. The molecule has 0 aliphatic carbocycles. The molecule has 0 unspecified atom stereocenters. The maximum absolute atomic E-state index is 10.1. The first kappa shape index (κ1) is 18.5. The van der Waals surface area contributed by atoms with E-state index in [0.717, 1.165) is 32.7 Å². The molecule has 1 aliphatic heterocycles. The van der Waals surface area contributed by atoms with Gasteiger partial charge in [0.15, 0.2) is 0 Å². The minimum absolute atomic E-state index is 0.177. The Kier molecular flexibility index (Phi) is 4.97. The highest BCUT2D eigenvalue weighted by molar-refractivity contribution is 6.08. The number of aromatic nitrogens is 1. The lowest BCUT2D eigenvalue weighted by Crippen LogP contribution is -2.49. The molecule has 1 fully saturated rings. The van der Waals surface area contributed by atoms with E-state index in [-0.39, 0.29) is 18.1 Å². The van der Waals surface area contributed by atoms with Crippen molar-refractivity contribution in [2.45, 2.75) is 33.4 Å². The SMILES string of the molecule is CCn1c2ccccc2c2cc([C@H](N3CCNCC3)C(C)(C)CO)ccc21. The molecular formula is C23H31N3O. The predicted molar refractivity (Wildman–Crippen MR) is 113 cm³/mol. The van der Waals surface area contributed by atoms with E-state index < -0.39 is 0 Å². The molecule has 144 valence electrons. The Morgan fingerprint density at radius 3 is 2.44 bits per heavy atom. The average molecular weight is 366 g/mol. The second kappa shape index (κ2) is 7.27. The van der Waals surface area contributed by atoms with Crippen LogP contribution >= 0.6 is 0 Å². The molecule has 3 aromatic rings. The van der Waals surface area contributed by atoms with Gasteiger partial charge in [0.05, 0.1) is 0 Å². The van der Waals surface area contributed by atoms with Crippen LogP contribution in [0.5, 0.6) is 0 Å². The lowest BCUT2D eigenvalue weighted by molar-refractivity contribution is 0.0306. The van der Waals surface area contributed by atoms with Crippen molar-refractivity contribution in [3.8, 4) is 0 Å². The standard InChI is InChI=1S/C23H31N3O/c1-4-26-20-8-6-5-7-18(20)19-15-17(9-10-21(19)26)22(23(2,3)16-27)25-13-11-24-12-14-25/h5-10,15,22,24,27H,4,11-14,16H2,1-3H3/t22-/m0/s1. The van der Waals surface area contributed by atoms with Gasteiger partial charge in [0, 0.05) is 72.6 Å². The van der Waals surface area contributed by atoms with Crippen molar-refractivity contribution >= 4 is 21.8 Å². The molecule has 1 aromatic heterocycles. The molecule has 1 atom stereocenters. The molecule has 0 saturated carbocycles. The van der Waals surface area contributed by atoms with E-state index in [9.17, 15) is 5.11 Å². The molecular weight excluding hydrogens is 334 g/mol. The second-order valence-electron chi connectivity index (χ2n) is 8.37. The van der Waals surface area contributed by atoms with Crippen LogP contribution in [0.3, 0.4) is 0 Å². The molecule has 2 aromatic carbocycles. The highest BCUT2D eigenvalue weighted by atomic mass is 16.3. The van der Waals surface area contributed by atoms with Crippen molar-refractivity contribution in [1.29, 1.82) is 0 Å². The zero-order chi connectivity index (χ0) is 19.0. The summed E-state index contributed by atoms with van der Waals surface area (Å²) in [4.78, 5) is 2.53. The second-order valence-corrected chi connectivity index (χ2v) is 8.37. The first-order chi connectivity index (χ1) is 13.1. The van der Waals surface area contributed by atoms with Crippen LogP contribution in [0.1, 0.15) is 32.4 Å². The quantitative estimate of drug-likeness (QED) is 0.723. The Balaban J connectivity index is 1.89. The summed E-state index contributed by atoms with van der Waals surface area (Å²) in [5.41, 5.74) is 3.70. The first-order valence-electron chi connectivity index (χ1n) is 10.1. The molecule has 2 N–H and O–H groups in total. The third-order valence-corrected chi connectivity index (χ3v) is 6.09. The van der Waals surface area contributed by atoms with Crippen LogP contribution in [0, 0.1) is 5.41 Å². The third kappa shape index (κ3) is 3.16. The van der Waals surface area contributed by atoms with E-state index in [2.05, 4.69) is 78.0 Å². The maximum atomic E-state index is 10.1. The number of aliphatic hydroxyl groups excluding tert-OH is 1. The van der Waals surface area contributed by atoms with E-state index >= 15 is 0 Å². The summed E-state index contributed by atoms with van der Waals surface area (Å²) in [5, 5.41) is 16.2. The smallest absolute Gasteiger partial charge is 0.0500 e. The molecule has 4 rings (SSSR count). The Morgan fingerprint density at radius 2 is 1.74 bits per heavy atom. The number of nitrogens with one attached hydrogen (secondary N) is 1. The molecule has 0 bridgehead atoms. The number of piperazine rings is 1. The van der Waals surface area contributed by atoms with Crippen LogP contribution in [0.4, 0.5) is 0 Å². The maximum Gasteiger partial charge on any atom is 0.0500 e. The fraction of sp³-hybridized carbons (Fsp3) is 0.478. The van der Waals surface area contributed by atoms with Crippen molar-refractivity contribution in [3.63, 3.8) is 0 Å². The topological polar surface area (TPSA) is 40.4 Å². The molecule has 0 radical (unpaired) electrons. The zero-order valence-electron chi connectivity index (χ0n) is 16.7. The average Bonchev–Trinajstić information content (AvgIpc) is 3.02. The van der Waals surface area contributed by atoms with Crippen molar-refractivity contribution in [3.05, 3.63) is 48.0 Å². The number of hydrogen-bond acceptors (Lipinski definition) is 3. The largest absolute Gasteiger partial charge is 0.396 e. The van der Waals surface area contributed by atoms with E-state index in [1.807, 2.05) is 0 Å². The van der Waals surface area contributed by atoms with Crippen LogP contribution in [0.2, 0.25) is 0 Å². The lowest BCUT2D eigenvalue weighted by Gasteiger charge is -2.43. The highest BCUT2D eigenvalue weighted by Crippen LogP contribution is 2.40. The Morgan fingerprint density at radius 1 is 1.04 bits per heavy atom. The van der Waals surface area contributed by atoms with Gasteiger partial charge in [-0.3, -0.25) is 4.90 Å². The highest BCUT2D eigenvalue weighted by Gasteiger charge is 2.35. The molecule has 4 heteroatoms. The molecule has 1 saturated heterocycles. The molecule has 0 amide bonds. The summed E-state index contributed by atoms with van der Waals surface area (Å²) >= 11 is 0. The van der Waals surface area contributed by atoms with Crippen LogP contribution in [0.25, 0.3) is 21.8 Å². The molecule has 1 aliphatic rings. The monoisotopic (exact) mass is 365 g/mol. The molecule has 2 heterocycles. The Bertz CT molecular complexity index is 937. The lowest BCUT2D eigenvalue weighted by atomic mass is 9.79. The number of aryl methyl sites for hydroxylation is 1. The number of fused-ring (bicyclic) bond motifs is 3. The number of aliphatic hydroxyl groups is 1. The number of para-hydroxylation sites is 1. The van der Waals surface area contributed by atoms with Crippen LogP contribution in [-0.4, -0.2) is 47.4 Å². The van der Waals surface area contributed by atoms with Crippen LogP contribution in [0.15, 0.2) is 42.5 Å². The van der Waals surface area contributed by atoms with Crippen LogP contribution < -0.4 is 5.32 Å². The van der Waals surface area contributed by atoms with E-state index in [1.165, 1.54) is 27.4 Å². The van der Waals surface area contributed by atoms with Crippen molar-refractivity contribution < 1.29 is 5.11 Å². The number of hydrogen-bond donors (Lipinski definition) is 2. The van der Waals surface area contributed by atoms with Gasteiger partial charge in [-0.05, 0) is 30.7 Å². The van der Waals surface area contributed by atoms with E-state index in [4.69, 9.17) is 0 Å². The zero-order valence-corrected chi connectivity index (χ0v) is 16.7. The van der Waals surface area contributed by atoms with Crippen molar-refractivity contribution in [2.75, 3.05) is 32.8 Å². The van der Waals surface area contributed by atoms with Gasteiger partial charge < -0.3 is 15.0 Å². The molecule has 27 heavy (non-hydrogen) atoms. The Hall–Kier alpha value is -1.88. The summed E-state index contributed by atoms with van der Waals surface area (Å²) in [5.74, 6) is 0. The van der Waals surface area contributed by atoms with Crippen molar-refractivity contribution in [1.82, 2.24) is 14.8 Å². The summed E-state index contributed by atoms with van der Waals surface area (Å²) in [6, 6.07) is 15.8. The summed E-state index contributed by atoms with van der Waals surface area (Å²) < 4.78 is 2.39. The van der Waals surface area contributed by atoms with Gasteiger partial charge in [-0.25, -0.2) is 0 Å². The number of benzene rings is 2. The van der Waals surface area contributed by atoms with Gasteiger partial charge >= 0.3 is 0 Å². The van der Waals surface area contributed by atoms with Gasteiger partial charge in [0.2, 0.25) is 0 Å². The van der Waals surface area contributed by atoms with Gasteiger partial charge in [-0.15, -0.1) is 0 Å². The van der Waals surface area contributed by atoms with Crippen molar-refractivity contribution in [2.24, 2.45) is 5.41 Å². The van der Waals surface area contributed by atoms with E-state index in [1.54, 1.807) is 0 Å². The van der Waals surface area contributed by atoms with Gasteiger partial charge in [0.25, 0.3) is 0 Å². The summed E-state index contributed by atoms with van der Waals surface area (Å²) in [6.07, 6.45) is 0. The minimum Gasteiger partial charge on any atom is -0.396 e. The Labute approximate surface area is 161 Å². The predicted octanol–water partition coefficient (Wildman–Crippen LogP) is 3.78. The number of nitrogens with zero attached hydrogens (tertiary/aromatic N) is 2. The fourth-order valence-electron chi connectivity index (χ4n) is 4.77. The van der Waals surface area contributed by atoms with Gasteiger partial charge in [-0.2, -0.15) is 0 Å². The van der Waals surface area contributed by atoms with Crippen LogP contribution in [-0.2, 0) is 6.54 Å². The third-order valence-electron chi connectivity index (χ3n) is 6.09. The molecule has 0 spiro atoms.